The molecule has 2 rings (SSSR count). The summed E-state index contributed by atoms with van der Waals surface area (Å²) in [6.45, 7) is 2.05. The van der Waals surface area contributed by atoms with Gasteiger partial charge in [0, 0.05) is 6.07 Å². The van der Waals surface area contributed by atoms with Crippen molar-refractivity contribution in [2.24, 2.45) is 0 Å². The number of hydrogen-bond acceptors (Lipinski definition) is 6. The van der Waals surface area contributed by atoms with E-state index in [-0.39, 0.29) is 23.7 Å². The Morgan fingerprint density at radius 2 is 1.89 bits per heavy atom. The van der Waals surface area contributed by atoms with Crippen LogP contribution in [0.5, 0.6) is 17.8 Å². The minimum Gasteiger partial charge on any atom is -0.464 e. The van der Waals surface area contributed by atoms with Crippen LogP contribution in [0.2, 0.25) is 0 Å². The molecule has 0 aliphatic rings. The van der Waals surface area contributed by atoms with E-state index in [1.165, 1.54) is 0 Å². The van der Waals surface area contributed by atoms with E-state index in [4.69, 9.17) is 15.2 Å². The molecule has 0 atom stereocenters. The minimum absolute atomic E-state index is 0.0539. The van der Waals surface area contributed by atoms with E-state index in [0.717, 1.165) is 18.2 Å². The van der Waals surface area contributed by atoms with Crippen molar-refractivity contribution < 1.29 is 18.3 Å². The highest BCUT2D eigenvalue weighted by Crippen LogP contribution is 2.23. The summed E-state index contributed by atoms with van der Waals surface area (Å²) in [7, 11) is 0. The standard InChI is InChI=1S/C11H10F2N4O2/c1-2-18-10-15-9(14)16-11(17-10)19-8-5-6(12)3-4-7(8)13/h3-5H,2H2,1H3,(H2,14,15,16,17). The summed E-state index contributed by atoms with van der Waals surface area (Å²) in [4.78, 5) is 11.1. The van der Waals surface area contributed by atoms with Gasteiger partial charge < -0.3 is 15.2 Å². The van der Waals surface area contributed by atoms with Crippen LogP contribution in [0.3, 0.4) is 0 Å². The minimum atomic E-state index is -0.752. The second-order valence-electron chi connectivity index (χ2n) is 3.37. The fourth-order valence-corrected chi connectivity index (χ4v) is 1.25. The molecule has 0 aliphatic heterocycles. The Morgan fingerprint density at radius 3 is 2.63 bits per heavy atom. The summed E-state index contributed by atoms with van der Waals surface area (Å²) in [6, 6.07) is 2.44. The molecule has 0 amide bonds. The van der Waals surface area contributed by atoms with E-state index in [0.29, 0.717) is 6.61 Å². The van der Waals surface area contributed by atoms with Gasteiger partial charge in [-0.2, -0.15) is 9.97 Å². The van der Waals surface area contributed by atoms with Gasteiger partial charge in [-0.15, -0.1) is 4.98 Å². The van der Waals surface area contributed by atoms with Crippen molar-refractivity contribution in [2.45, 2.75) is 6.92 Å². The second-order valence-corrected chi connectivity index (χ2v) is 3.37. The van der Waals surface area contributed by atoms with Crippen molar-refractivity contribution in [1.82, 2.24) is 15.0 Å². The molecule has 0 aliphatic carbocycles. The number of aromatic nitrogens is 3. The van der Waals surface area contributed by atoms with Gasteiger partial charge in [0.05, 0.1) is 6.61 Å². The number of hydrogen-bond donors (Lipinski definition) is 1. The fraction of sp³-hybridized carbons (Fsp3) is 0.182. The van der Waals surface area contributed by atoms with Crippen molar-refractivity contribution in [3.05, 3.63) is 29.8 Å². The highest BCUT2D eigenvalue weighted by molar-refractivity contribution is 5.29. The van der Waals surface area contributed by atoms with E-state index >= 15 is 0 Å². The zero-order valence-electron chi connectivity index (χ0n) is 9.93. The molecule has 1 aromatic heterocycles. The number of ether oxygens (including phenoxy) is 2. The van der Waals surface area contributed by atoms with Gasteiger partial charge in [-0.3, -0.25) is 0 Å². The summed E-state index contributed by atoms with van der Waals surface area (Å²) in [6.07, 6.45) is 0. The molecule has 0 unspecified atom stereocenters. The first-order valence-electron chi connectivity index (χ1n) is 5.35. The predicted octanol–water partition coefficient (Wildman–Crippen LogP) is 1.92. The van der Waals surface area contributed by atoms with Gasteiger partial charge in [0.25, 0.3) is 0 Å². The molecule has 0 saturated carbocycles. The van der Waals surface area contributed by atoms with Crippen LogP contribution in [0, 0.1) is 11.6 Å². The Kier molecular flexibility index (Phi) is 3.69. The van der Waals surface area contributed by atoms with Gasteiger partial charge in [-0.05, 0) is 19.1 Å². The largest absolute Gasteiger partial charge is 0.464 e. The third kappa shape index (κ3) is 3.24. The summed E-state index contributed by atoms with van der Waals surface area (Å²) in [5, 5.41) is 0. The van der Waals surface area contributed by atoms with Crippen molar-refractivity contribution in [2.75, 3.05) is 12.3 Å². The maximum Gasteiger partial charge on any atom is 0.330 e. The Morgan fingerprint density at radius 1 is 1.16 bits per heavy atom. The number of rotatable bonds is 4. The summed E-state index contributed by atoms with van der Waals surface area (Å²) >= 11 is 0. The van der Waals surface area contributed by atoms with E-state index in [1.54, 1.807) is 6.92 Å². The highest BCUT2D eigenvalue weighted by Gasteiger charge is 2.11. The number of halogens is 2. The van der Waals surface area contributed by atoms with Crippen LogP contribution in [0.15, 0.2) is 18.2 Å². The van der Waals surface area contributed by atoms with Gasteiger partial charge >= 0.3 is 12.0 Å². The lowest BCUT2D eigenvalue weighted by atomic mass is 10.3. The molecule has 2 aromatic rings. The van der Waals surface area contributed by atoms with E-state index in [2.05, 4.69) is 15.0 Å². The summed E-state index contributed by atoms with van der Waals surface area (Å²) in [5.74, 6) is -1.90. The highest BCUT2D eigenvalue weighted by atomic mass is 19.1. The first kappa shape index (κ1) is 12.9. The molecular weight excluding hydrogens is 258 g/mol. The molecule has 2 N–H and O–H groups in total. The topological polar surface area (TPSA) is 83.2 Å². The molecule has 1 heterocycles. The van der Waals surface area contributed by atoms with E-state index < -0.39 is 11.6 Å². The van der Waals surface area contributed by atoms with Crippen LogP contribution >= 0.6 is 0 Å². The van der Waals surface area contributed by atoms with E-state index in [1.807, 2.05) is 0 Å². The van der Waals surface area contributed by atoms with Crippen LogP contribution in [0.1, 0.15) is 6.92 Å². The average molecular weight is 268 g/mol. The smallest absolute Gasteiger partial charge is 0.330 e. The van der Waals surface area contributed by atoms with E-state index in [9.17, 15) is 8.78 Å². The molecule has 0 saturated heterocycles. The van der Waals surface area contributed by atoms with Crippen LogP contribution in [-0.4, -0.2) is 21.6 Å². The molecular formula is C11H10F2N4O2. The second kappa shape index (κ2) is 5.42. The SMILES string of the molecule is CCOc1nc(N)nc(Oc2cc(F)ccc2F)n1. The van der Waals surface area contributed by atoms with Gasteiger partial charge in [0.1, 0.15) is 5.82 Å². The lowest BCUT2D eigenvalue weighted by Crippen LogP contribution is -2.05. The molecule has 0 fully saturated rings. The summed E-state index contributed by atoms with van der Waals surface area (Å²) < 4.78 is 36.4. The number of anilines is 1. The molecule has 0 radical (unpaired) electrons. The van der Waals surface area contributed by atoms with Crippen molar-refractivity contribution in [3.8, 4) is 17.8 Å². The molecule has 1 aromatic carbocycles. The maximum atomic E-state index is 13.4. The first-order valence-corrected chi connectivity index (χ1v) is 5.35. The Balaban J connectivity index is 2.29. The fourth-order valence-electron chi connectivity index (χ4n) is 1.25. The lowest BCUT2D eigenvalue weighted by molar-refractivity contribution is 0.302. The van der Waals surface area contributed by atoms with Crippen LogP contribution in [-0.2, 0) is 0 Å². The molecule has 0 bridgehead atoms. The molecule has 0 spiro atoms. The lowest BCUT2D eigenvalue weighted by Gasteiger charge is -2.07. The molecule has 6 nitrogen and oxygen atoms in total. The molecule has 100 valence electrons. The van der Waals surface area contributed by atoms with Gasteiger partial charge in [0.15, 0.2) is 11.6 Å². The number of nitrogens with zero attached hydrogens (tertiary/aromatic N) is 3. The number of nitrogens with two attached hydrogens (primary N) is 1. The van der Waals surface area contributed by atoms with Crippen molar-refractivity contribution in [1.29, 1.82) is 0 Å². The Bertz CT molecular complexity index is 595. The third-order valence-corrected chi connectivity index (χ3v) is 1.98. The average Bonchev–Trinajstić information content (AvgIpc) is 2.33. The van der Waals surface area contributed by atoms with Gasteiger partial charge in [-0.25, -0.2) is 8.78 Å². The zero-order valence-corrected chi connectivity index (χ0v) is 9.93. The summed E-state index contributed by atoms with van der Waals surface area (Å²) in [5.41, 5.74) is 5.42. The normalized spacial score (nSPS) is 10.3. The third-order valence-electron chi connectivity index (χ3n) is 1.98. The first-order chi connectivity index (χ1) is 9.08. The van der Waals surface area contributed by atoms with Crippen LogP contribution < -0.4 is 15.2 Å². The van der Waals surface area contributed by atoms with Crippen LogP contribution in [0.25, 0.3) is 0 Å². The number of benzene rings is 1. The zero-order chi connectivity index (χ0) is 13.8. The van der Waals surface area contributed by atoms with Gasteiger partial charge in [-0.1, -0.05) is 0 Å². The van der Waals surface area contributed by atoms with Crippen LogP contribution in [0.4, 0.5) is 14.7 Å². The van der Waals surface area contributed by atoms with Gasteiger partial charge in [0.2, 0.25) is 5.95 Å². The quantitative estimate of drug-likeness (QED) is 0.912. The predicted molar refractivity (Wildman–Crippen MR) is 61.8 cm³/mol. The monoisotopic (exact) mass is 268 g/mol. The Labute approximate surface area is 107 Å². The molecule has 8 heteroatoms. The Hall–Kier alpha value is -2.51. The molecule has 19 heavy (non-hydrogen) atoms. The number of nitrogen functional groups attached to an aromatic ring is 1. The maximum absolute atomic E-state index is 13.4. The van der Waals surface area contributed by atoms with Crippen molar-refractivity contribution >= 4 is 5.95 Å². The van der Waals surface area contributed by atoms with Crippen molar-refractivity contribution in [3.63, 3.8) is 0 Å².